The third-order valence-corrected chi connectivity index (χ3v) is 3.55. The molecule has 0 aliphatic heterocycles. The summed E-state index contributed by atoms with van der Waals surface area (Å²) in [6.07, 6.45) is 1.76. The monoisotopic (exact) mass is 284 g/mol. The molecule has 100 valence electrons. The van der Waals surface area contributed by atoms with Crippen LogP contribution in [0, 0.1) is 6.92 Å². The van der Waals surface area contributed by atoms with E-state index in [1.807, 2.05) is 31.2 Å². The van der Waals surface area contributed by atoms with Gasteiger partial charge in [-0.25, -0.2) is 0 Å². The summed E-state index contributed by atoms with van der Waals surface area (Å²) in [4.78, 5) is 12.6. The Labute approximate surface area is 121 Å². The largest absolute Gasteiger partial charge is 0.398 e. The number of aromatic nitrogens is 1. The SMILES string of the molecule is Cc1ccc2c(ccn2C(=O)c2cc(Cl)ccc2N)c1. The van der Waals surface area contributed by atoms with Gasteiger partial charge >= 0.3 is 0 Å². The number of benzene rings is 2. The van der Waals surface area contributed by atoms with Crippen LogP contribution in [0.15, 0.2) is 48.7 Å². The zero-order chi connectivity index (χ0) is 14.3. The van der Waals surface area contributed by atoms with Crippen LogP contribution in [0.2, 0.25) is 5.02 Å². The number of hydrogen-bond acceptors (Lipinski definition) is 2. The first-order valence-electron chi connectivity index (χ1n) is 6.24. The first kappa shape index (κ1) is 12.8. The number of nitrogen functional groups attached to an aromatic ring is 1. The zero-order valence-electron chi connectivity index (χ0n) is 10.9. The van der Waals surface area contributed by atoms with Crippen LogP contribution in [0.5, 0.6) is 0 Å². The van der Waals surface area contributed by atoms with Gasteiger partial charge in [-0.1, -0.05) is 23.2 Å². The van der Waals surface area contributed by atoms with Crippen molar-refractivity contribution in [3.05, 3.63) is 64.8 Å². The molecule has 0 radical (unpaired) electrons. The molecule has 20 heavy (non-hydrogen) atoms. The molecule has 0 saturated heterocycles. The second-order valence-electron chi connectivity index (χ2n) is 4.78. The van der Waals surface area contributed by atoms with E-state index in [1.54, 1.807) is 29.0 Å². The lowest BCUT2D eigenvalue weighted by Crippen LogP contribution is -2.12. The van der Waals surface area contributed by atoms with E-state index >= 15 is 0 Å². The number of halogens is 1. The summed E-state index contributed by atoms with van der Waals surface area (Å²) in [5.74, 6) is -0.177. The molecule has 4 heteroatoms. The number of rotatable bonds is 1. The molecule has 3 nitrogen and oxygen atoms in total. The number of nitrogens with two attached hydrogens (primary N) is 1. The summed E-state index contributed by atoms with van der Waals surface area (Å²) < 4.78 is 1.59. The van der Waals surface area contributed by atoms with Crippen LogP contribution < -0.4 is 5.73 Å². The quantitative estimate of drug-likeness (QED) is 0.690. The molecule has 0 bridgehead atoms. The highest BCUT2D eigenvalue weighted by Gasteiger charge is 2.14. The lowest BCUT2D eigenvalue weighted by molar-refractivity contribution is 0.0966. The molecule has 2 N–H and O–H groups in total. The Hall–Kier alpha value is -2.26. The molecule has 0 saturated carbocycles. The highest BCUT2D eigenvalue weighted by atomic mass is 35.5. The minimum Gasteiger partial charge on any atom is -0.398 e. The van der Waals surface area contributed by atoms with Gasteiger partial charge in [-0.05, 0) is 43.3 Å². The van der Waals surface area contributed by atoms with E-state index in [2.05, 4.69) is 0 Å². The Morgan fingerprint density at radius 1 is 1.15 bits per heavy atom. The standard InChI is InChI=1S/C16H13ClN2O/c1-10-2-5-15-11(8-10)6-7-19(15)16(20)13-9-12(17)3-4-14(13)18/h2-9H,18H2,1H3. The molecule has 3 aromatic rings. The minimum absolute atomic E-state index is 0.177. The van der Waals surface area contributed by atoms with Gasteiger partial charge in [0.2, 0.25) is 0 Å². The first-order valence-corrected chi connectivity index (χ1v) is 6.61. The fourth-order valence-electron chi connectivity index (χ4n) is 2.28. The number of carbonyl (C=O) groups is 1. The molecule has 0 spiro atoms. The van der Waals surface area contributed by atoms with E-state index in [4.69, 9.17) is 17.3 Å². The molecule has 1 heterocycles. The number of nitrogens with zero attached hydrogens (tertiary/aromatic N) is 1. The van der Waals surface area contributed by atoms with Crippen molar-refractivity contribution in [3.8, 4) is 0 Å². The highest BCUT2D eigenvalue weighted by Crippen LogP contribution is 2.23. The molecule has 0 aliphatic rings. The average Bonchev–Trinajstić information content (AvgIpc) is 2.83. The van der Waals surface area contributed by atoms with Crippen molar-refractivity contribution in [2.24, 2.45) is 0 Å². The predicted octanol–water partition coefficient (Wildman–Crippen LogP) is 3.87. The fourth-order valence-corrected chi connectivity index (χ4v) is 2.45. The summed E-state index contributed by atoms with van der Waals surface area (Å²) in [5.41, 5.74) is 8.73. The lowest BCUT2D eigenvalue weighted by atomic mass is 10.1. The zero-order valence-corrected chi connectivity index (χ0v) is 11.7. The molecule has 0 amide bonds. The van der Waals surface area contributed by atoms with Gasteiger partial charge in [-0.15, -0.1) is 0 Å². The number of aryl methyl sites for hydroxylation is 1. The number of carbonyl (C=O) groups excluding carboxylic acids is 1. The molecule has 0 unspecified atom stereocenters. The maximum atomic E-state index is 12.6. The minimum atomic E-state index is -0.177. The third kappa shape index (κ3) is 2.06. The Kier molecular flexibility index (Phi) is 2.99. The Balaban J connectivity index is 2.15. The van der Waals surface area contributed by atoms with Gasteiger partial charge in [0, 0.05) is 22.3 Å². The van der Waals surface area contributed by atoms with E-state index in [9.17, 15) is 4.79 Å². The molecule has 0 atom stereocenters. The topological polar surface area (TPSA) is 48.0 Å². The average molecular weight is 285 g/mol. The van der Waals surface area contributed by atoms with Crippen molar-refractivity contribution in [2.75, 3.05) is 5.73 Å². The van der Waals surface area contributed by atoms with Gasteiger partial charge in [-0.3, -0.25) is 9.36 Å². The van der Waals surface area contributed by atoms with Gasteiger partial charge in [-0.2, -0.15) is 0 Å². The van der Waals surface area contributed by atoms with Crippen molar-refractivity contribution in [3.63, 3.8) is 0 Å². The maximum Gasteiger partial charge on any atom is 0.264 e. The Morgan fingerprint density at radius 3 is 2.75 bits per heavy atom. The van der Waals surface area contributed by atoms with Crippen molar-refractivity contribution < 1.29 is 4.79 Å². The van der Waals surface area contributed by atoms with Crippen LogP contribution in [0.3, 0.4) is 0 Å². The van der Waals surface area contributed by atoms with E-state index in [-0.39, 0.29) is 5.91 Å². The van der Waals surface area contributed by atoms with E-state index in [0.717, 1.165) is 16.5 Å². The van der Waals surface area contributed by atoms with Crippen molar-refractivity contribution >= 4 is 34.1 Å². The summed E-state index contributed by atoms with van der Waals surface area (Å²) in [6.45, 7) is 2.02. The fraction of sp³-hybridized carbons (Fsp3) is 0.0625. The molecule has 0 aliphatic carbocycles. The molecule has 1 aromatic heterocycles. The molecular weight excluding hydrogens is 272 g/mol. The number of hydrogen-bond donors (Lipinski definition) is 1. The van der Waals surface area contributed by atoms with Crippen LogP contribution in [-0.2, 0) is 0 Å². The molecule has 2 aromatic carbocycles. The van der Waals surface area contributed by atoms with Gasteiger partial charge < -0.3 is 5.73 Å². The Morgan fingerprint density at radius 2 is 1.95 bits per heavy atom. The lowest BCUT2D eigenvalue weighted by Gasteiger charge is -2.07. The van der Waals surface area contributed by atoms with Crippen molar-refractivity contribution in [1.29, 1.82) is 0 Å². The predicted molar refractivity (Wildman–Crippen MR) is 82.3 cm³/mol. The van der Waals surface area contributed by atoms with Gasteiger partial charge in [0.25, 0.3) is 5.91 Å². The van der Waals surface area contributed by atoms with Crippen LogP contribution in [0.25, 0.3) is 10.9 Å². The van der Waals surface area contributed by atoms with Gasteiger partial charge in [0.15, 0.2) is 0 Å². The van der Waals surface area contributed by atoms with Crippen LogP contribution in [0.1, 0.15) is 15.9 Å². The number of anilines is 1. The van der Waals surface area contributed by atoms with Crippen LogP contribution in [0.4, 0.5) is 5.69 Å². The Bertz CT molecular complexity index is 820. The first-order chi connectivity index (χ1) is 9.56. The van der Waals surface area contributed by atoms with Gasteiger partial charge in [0.05, 0.1) is 11.1 Å². The van der Waals surface area contributed by atoms with E-state index < -0.39 is 0 Å². The summed E-state index contributed by atoms with van der Waals surface area (Å²) >= 11 is 5.94. The normalized spacial score (nSPS) is 10.9. The number of fused-ring (bicyclic) bond motifs is 1. The summed E-state index contributed by atoms with van der Waals surface area (Å²) in [7, 11) is 0. The van der Waals surface area contributed by atoms with Gasteiger partial charge in [0.1, 0.15) is 0 Å². The molecule has 0 fully saturated rings. The highest BCUT2D eigenvalue weighted by molar-refractivity contribution is 6.31. The smallest absolute Gasteiger partial charge is 0.264 e. The third-order valence-electron chi connectivity index (χ3n) is 3.31. The summed E-state index contributed by atoms with van der Waals surface area (Å²) in [6, 6.07) is 12.8. The van der Waals surface area contributed by atoms with Crippen LogP contribution >= 0.6 is 11.6 Å². The molecular formula is C16H13ClN2O. The van der Waals surface area contributed by atoms with E-state index in [0.29, 0.717) is 16.3 Å². The maximum absolute atomic E-state index is 12.6. The molecule has 3 rings (SSSR count). The van der Waals surface area contributed by atoms with E-state index in [1.165, 1.54) is 0 Å². The van der Waals surface area contributed by atoms with Crippen molar-refractivity contribution in [2.45, 2.75) is 6.92 Å². The van der Waals surface area contributed by atoms with Crippen LogP contribution in [-0.4, -0.2) is 10.5 Å². The van der Waals surface area contributed by atoms with Crippen molar-refractivity contribution in [1.82, 2.24) is 4.57 Å². The summed E-state index contributed by atoms with van der Waals surface area (Å²) in [5, 5.41) is 1.52. The second-order valence-corrected chi connectivity index (χ2v) is 5.22. The second kappa shape index (κ2) is 4.69.